The standard InChI is InChI=1S/C28H56N4O7/c1-9-36-22-16-30-14-18-31(17-12-25(34)39-28(6,7)8)20-21-32(23-26(35)37-10-2)19-15-29-13-11-24(33)38-27(3,4)5/h29-30H,9-23H2,1-8H3. The molecule has 11 nitrogen and oxygen atoms in total. The van der Waals surface area contributed by atoms with E-state index in [1.807, 2.05) is 53.4 Å². The van der Waals surface area contributed by atoms with Crippen LogP contribution in [-0.2, 0) is 33.3 Å². The minimum Gasteiger partial charge on any atom is -0.465 e. The van der Waals surface area contributed by atoms with Crippen molar-refractivity contribution in [2.24, 2.45) is 0 Å². The highest BCUT2D eigenvalue weighted by atomic mass is 16.6. The molecular weight excluding hydrogens is 504 g/mol. The first-order chi connectivity index (χ1) is 18.3. The summed E-state index contributed by atoms with van der Waals surface area (Å²) in [6, 6.07) is 0. The van der Waals surface area contributed by atoms with E-state index >= 15 is 0 Å². The summed E-state index contributed by atoms with van der Waals surface area (Å²) in [6.45, 7) is 22.6. The summed E-state index contributed by atoms with van der Waals surface area (Å²) in [5, 5.41) is 6.62. The van der Waals surface area contributed by atoms with Crippen molar-refractivity contribution >= 4 is 17.9 Å². The van der Waals surface area contributed by atoms with E-state index in [0.717, 1.165) is 19.6 Å². The van der Waals surface area contributed by atoms with Crippen LogP contribution < -0.4 is 10.6 Å². The Kier molecular flexibility index (Phi) is 20.1. The summed E-state index contributed by atoms with van der Waals surface area (Å²) in [4.78, 5) is 40.7. The van der Waals surface area contributed by atoms with Gasteiger partial charge in [-0.05, 0) is 55.4 Å². The second-order valence-corrected chi connectivity index (χ2v) is 11.3. The van der Waals surface area contributed by atoms with Crippen LogP contribution >= 0.6 is 0 Å². The number of nitrogens with one attached hydrogen (secondary N) is 2. The summed E-state index contributed by atoms with van der Waals surface area (Å²) in [5.74, 6) is -0.743. The molecule has 230 valence electrons. The van der Waals surface area contributed by atoms with Gasteiger partial charge in [0.15, 0.2) is 0 Å². The van der Waals surface area contributed by atoms with Gasteiger partial charge in [-0.25, -0.2) is 0 Å². The van der Waals surface area contributed by atoms with E-state index in [4.69, 9.17) is 18.9 Å². The van der Waals surface area contributed by atoms with Crippen molar-refractivity contribution in [2.75, 3.05) is 85.3 Å². The topological polar surface area (TPSA) is 119 Å². The molecule has 0 saturated carbocycles. The van der Waals surface area contributed by atoms with E-state index in [1.165, 1.54) is 0 Å². The second kappa shape index (κ2) is 21.0. The molecule has 39 heavy (non-hydrogen) atoms. The molecule has 2 N–H and O–H groups in total. The minimum absolute atomic E-state index is 0.175. The summed E-state index contributed by atoms with van der Waals surface area (Å²) >= 11 is 0. The van der Waals surface area contributed by atoms with Gasteiger partial charge < -0.3 is 34.5 Å². The number of nitrogens with zero attached hydrogens (tertiary/aromatic N) is 2. The molecule has 11 heteroatoms. The lowest BCUT2D eigenvalue weighted by atomic mass is 10.2. The maximum absolute atomic E-state index is 12.3. The van der Waals surface area contributed by atoms with Crippen LogP contribution in [0.3, 0.4) is 0 Å². The van der Waals surface area contributed by atoms with E-state index in [9.17, 15) is 14.4 Å². The fourth-order valence-corrected chi connectivity index (χ4v) is 3.52. The summed E-state index contributed by atoms with van der Waals surface area (Å²) < 4.78 is 21.3. The maximum atomic E-state index is 12.3. The van der Waals surface area contributed by atoms with Gasteiger partial charge in [0.2, 0.25) is 0 Å². The van der Waals surface area contributed by atoms with Gasteiger partial charge in [0.25, 0.3) is 0 Å². The van der Waals surface area contributed by atoms with Crippen LogP contribution in [0, 0.1) is 0 Å². The van der Waals surface area contributed by atoms with Gasteiger partial charge in [0, 0.05) is 65.5 Å². The van der Waals surface area contributed by atoms with Crippen LogP contribution in [0.1, 0.15) is 68.2 Å². The van der Waals surface area contributed by atoms with Gasteiger partial charge in [0.1, 0.15) is 11.2 Å². The van der Waals surface area contributed by atoms with Gasteiger partial charge in [-0.1, -0.05) is 0 Å². The van der Waals surface area contributed by atoms with Crippen LogP contribution in [0.2, 0.25) is 0 Å². The fraction of sp³-hybridized carbons (Fsp3) is 0.893. The van der Waals surface area contributed by atoms with E-state index < -0.39 is 11.2 Å². The Hall–Kier alpha value is -1.79. The number of carbonyl (C=O) groups excluding carboxylic acids is 3. The van der Waals surface area contributed by atoms with Crippen molar-refractivity contribution in [1.29, 1.82) is 0 Å². The Balaban J connectivity index is 4.88. The van der Waals surface area contributed by atoms with Crippen LogP contribution in [0.4, 0.5) is 0 Å². The van der Waals surface area contributed by atoms with E-state index in [2.05, 4.69) is 15.5 Å². The van der Waals surface area contributed by atoms with Crippen molar-refractivity contribution in [3.05, 3.63) is 0 Å². The molecule has 0 aliphatic rings. The highest BCUT2D eigenvalue weighted by Gasteiger charge is 2.19. The third kappa shape index (κ3) is 25.0. The molecule has 0 amide bonds. The van der Waals surface area contributed by atoms with E-state index in [1.54, 1.807) is 6.92 Å². The van der Waals surface area contributed by atoms with Crippen molar-refractivity contribution in [1.82, 2.24) is 20.4 Å². The minimum atomic E-state index is -0.518. The molecule has 0 unspecified atom stereocenters. The summed E-state index contributed by atoms with van der Waals surface area (Å²) in [7, 11) is 0. The van der Waals surface area contributed by atoms with Crippen molar-refractivity contribution in [2.45, 2.75) is 79.4 Å². The largest absolute Gasteiger partial charge is 0.465 e. The smallest absolute Gasteiger partial charge is 0.320 e. The average molecular weight is 561 g/mol. The van der Waals surface area contributed by atoms with Crippen molar-refractivity contribution in [3.8, 4) is 0 Å². The molecular formula is C28H56N4O7. The number of rotatable bonds is 22. The Morgan fingerprint density at radius 1 is 0.615 bits per heavy atom. The SMILES string of the molecule is CCOCCNCCN(CCC(=O)OC(C)(C)C)CCN(CCNCCC(=O)OC(C)(C)C)CC(=O)OCC. The van der Waals surface area contributed by atoms with Crippen LogP contribution in [0.5, 0.6) is 0 Å². The Labute approximate surface area is 236 Å². The molecule has 0 bridgehead atoms. The summed E-state index contributed by atoms with van der Waals surface area (Å²) in [6.07, 6.45) is 0.574. The zero-order chi connectivity index (χ0) is 29.7. The molecule has 0 aromatic heterocycles. The number of ether oxygens (including phenoxy) is 4. The van der Waals surface area contributed by atoms with E-state index in [-0.39, 0.29) is 30.9 Å². The van der Waals surface area contributed by atoms with Crippen LogP contribution in [-0.4, -0.2) is 124 Å². The van der Waals surface area contributed by atoms with Crippen LogP contribution in [0.25, 0.3) is 0 Å². The van der Waals surface area contributed by atoms with Gasteiger partial charge in [0.05, 0.1) is 32.6 Å². The first-order valence-electron chi connectivity index (χ1n) is 14.3. The predicted molar refractivity (Wildman–Crippen MR) is 153 cm³/mol. The normalized spacial score (nSPS) is 12.2. The second-order valence-electron chi connectivity index (χ2n) is 11.3. The average Bonchev–Trinajstić information content (AvgIpc) is 2.79. The zero-order valence-electron chi connectivity index (χ0n) is 25.9. The van der Waals surface area contributed by atoms with Crippen LogP contribution in [0.15, 0.2) is 0 Å². The molecule has 0 saturated heterocycles. The molecule has 0 atom stereocenters. The van der Waals surface area contributed by atoms with Crippen molar-refractivity contribution < 1.29 is 33.3 Å². The molecule has 0 heterocycles. The predicted octanol–water partition coefficient (Wildman–Crippen LogP) is 1.83. The third-order valence-corrected chi connectivity index (χ3v) is 5.21. The molecule has 0 radical (unpaired) electrons. The number of hydrogen-bond acceptors (Lipinski definition) is 11. The Morgan fingerprint density at radius 2 is 1.15 bits per heavy atom. The van der Waals surface area contributed by atoms with Gasteiger partial charge in [-0.3, -0.25) is 19.3 Å². The molecule has 0 rings (SSSR count). The maximum Gasteiger partial charge on any atom is 0.320 e. The molecule has 0 fully saturated rings. The number of hydrogen-bond donors (Lipinski definition) is 2. The van der Waals surface area contributed by atoms with Crippen molar-refractivity contribution in [3.63, 3.8) is 0 Å². The Morgan fingerprint density at radius 3 is 1.72 bits per heavy atom. The molecule has 0 aliphatic heterocycles. The Bertz CT molecular complexity index is 678. The molecule has 0 aromatic carbocycles. The first kappa shape index (κ1) is 37.2. The van der Waals surface area contributed by atoms with Gasteiger partial charge in [-0.2, -0.15) is 0 Å². The van der Waals surface area contributed by atoms with E-state index in [0.29, 0.717) is 65.5 Å². The number of carbonyl (C=O) groups is 3. The highest BCUT2D eigenvalue weighted by molar-refractivity contribution is 5.71. The monoisotopic (exact) mass is 560 g/mol. The number of esters is 3. The highest BCUT2D eigenvalue weighted by Crippen LogP contribution is 2.09. The quantitative estimate of drug-likeness (QED) is 0.115. The molecule has 0 aromatic rings. The fourth-order valence-electron chi connectivity index (χ4n) is 3.52. The third-order valence-electron chi connectivity index (χ3n) is 5.21. The van der Waals surface area contributed by atoms with Gasteiger partial charge in [-0.15, -0.1) is 0 Å². The molecule has 0 spiro atoms. The van der Waals surface area contributed by atoms with Gasteiger partial charge >= 0.3 is 17.9 Å². The zero-order valence-corrected chi connectivity index (χ0v) is 25.9. The lowest BCUT2D eigenvalue weighted by Crippen LogP contribution is -2.43. The molecule has 0 aliphatic carbocycles. The lowest BCUT2D eigenvalue weighted by molar-refractivity contribution is -0.156. The summed E-state index contributed by atoms with van der Waals surface area (Å²) in [5.41, 5.74) is -1.02. The first-order valence-corrected chi connectivity index (χ1v) is 14.3. The lowest BCUT2D eigenvalue weighted by Gasteiger charge is -2.28.